The van der Waals surface area contributed by atoms with Crippen molar-refractivity contribution in [2.45, 2.75) is 27.4 Å². The van der Waals surface area contributed by atoms with Gasteiger partial charge in [-0.15, -0.1) is 0 Å². The van der Waals surface area contributed by atoms with Gasteiger partial charge in [-0.05, 0) is 97.3 Å². The highest BCUT2D eigenvalue weighted by atomic mass is 35.5. The van der Waals surface area contributed by atoms with E-state index in [4.69, 9.17) is 21.1 Å². The van der Waals surface area contributed by atoms with E-state index >= 15 is 0 Å². The van der Waals surface area contributed by atoms with Crippen molar-refractivity contribution in [2.24, 2.45) is 0 Å². The Morgan fingerprint density at radius 2 is 1.74 bits per heavy atom. The number of aryl methyl sites for hydroxylation is 2. The van der Waals surface area contributed by atoms with Gasteiger partial charge in [0.15, 0.2) is 11.5 Å². The van der Waals surface area contributed by atoms with Crippen molar-refractivity contribution in [3.05, 3.63) is 92.8 Å². The molecule has 1 aliphatic heterocycles. The first-order valence-electron chi connectivity index (χ1n) is 12.0. The van der Waals surface area contributed by atoms with E-state index in [0.717, 1.165) is 33.4 Å². The summed E-state index contributed by atoms with van der Waals surface area (Å²) >= 11 is 6.74. The number of anilines is 1. The molecule has 3 aromatic carbocycles. The van der Waals surface area contributed by atoms with Crippen molar-refractivity contribution >= 4 is 52.2 Å². The number of thioether (sulfide) groups is 1. The summed E-state index contributed by atoms with van der Waals surface area (Å²) in [7, 11) is 0. The summed E-state index contributed by atoms with van der Waals surface area (Å²) in [4.78, 5) is 39.2. The lowest BCUT2D eigenvalue weighted by molar-refractivity contribution is -0.127. The fraction of sp³-hybridized carbons (Fsp3) is 0.207. The van der Waals surface area contributed by atoms with E-state index in [0.29, 0.717) is 41.0 Å². The van der Waals surface area contributed by atoms with Crippen LogP contribution in [0.1, 0.15) is 29.2 Å². The fourth-order valence-electron chi connectivity index (χ4n) is 3.69. The van der Waals surface area contributed by atoms with Crippen LogP contribution in [-0.2, 0) is 16.2 Å². The van der Waals surface area contributed by atoms with E-state index in [1.54, 1.807) is 42.5 Å². The predicted molar refractivity (Wildman–Crippen MR) is 151 cm³/mol. The number of amides is 3. The van der Waals surface area contributed by atoms with Gasteiger partial charge in [0.05, 0.1) is 11.5 Å². The highest BCUT2D eigenvalue weighted by molar-refractivity contribution is 8.18. The summed E-state index contributed by atoms with van der Waals surface area (Å²) in [5.74, 6) is 0.103. The molecule has 1 saturated heterocycles. The molecule has 4 rings (SSSR count). The number of hydrogen-bond donors (Lipinski definition) is 1. The van der Waals surface area contributed by atoms with Gasteiger partial charge in [0, 0.05) is 10.7 Å². The Bertz CT molecular complexity index is 1400. The number of nitrogens with zero attached hydrogens (tertiary/aromatic N) is 1. The molecule has 1 heterocycles. The molecule has 0 saturated carbocycles. The fourth-order valence-corrected chi connectivity index (χ4v) is 4.66. The summed E-state index contributed by atoms with van der Waals surface area (Å²) in [6.07, 6.45) is 1.61. The molecule has 0 atom stereocenters. The van der Waals surface area contributed by atoms with E-state index in [-0.39, 0.29) is 11.4 Å². The number of imide groups is 1. The first-order chi connectivity index (χ1) is 18.2. The van der Waals surface area contributed by atoms with Crippen LogP contribution in [0.3, 0.4) is 0 Å². The summed E-state index contributed by atoms with van der Waals surface area (Å²) in [5, 5.41) is 2.90. The Morgan fingerprint density at radius 3 is 2.45 bits per heavy atom. The zero-order valence-electron chi connectivity index (χ0n) is 21.2. The average Bonchev–Trinajstić information content (AvgIpc) is 3.14. The van der Waals surface area contributed by atoms with E-state index in [9.17, 15) is 14.4 Å². The van der Waals surface area contributed by atoms with Crippen LogP contribution in [0.15, 0.2) is 65.6 Å². The van der Waals surface area contributed by atoms with Crippen molar-refractivity contribution in [2.75, 3.05) is 18.5 Å². The molecule has 0 aromatic heterocycles. The Kier molecular flexibility index (Phi) is 8.76. The highest BCUT2D eigenvalue weighted by Crippen LogP contribution is 2.35. The molecule has 0 bridgehead atoms. The van der Waals surface area contributed by atoms with Crippen LogP contribution >= 0.6 is 23.4 Å². The van der Waals surface area contributed by atoms with Gasteiger partial charge in [0.25, 0.3) is 11.1 Å². The van der Waals surface area contributed by atoms with E-state index in [1.807, 2.05) is 45.0 Å². The number of carbonyl (C=O) groups excluding carboxylic acids is 3. The van der Waals surface area contributed by atoms with Gasteiger partial charge in [0.2, 0.25) is 5.91 Å². The Balaban J connectivity index is 1.44. The molecule has 0 radical (unpaired) electrons. The molecule has 1 fully saturated rings. The second-order valence-corrected chi connectivity index (χ2v) is 10.1. The van der Waals surface area contributed by atoms with Crippen LogP contribution in [0.25, 0.3) is 6.08 Å². The number of rotatable bonds is 9. The van der Waals surface area contributed by atoms with Gasteiger partial charge in [-0.1, -0.05) is 35.9 Å². The SMILES string of the molecule is CCOc1cc(/C=C2/SC(=O)N(CC(=O)Nc3ccc(C)c(C)c3)C2=O)ccc1OCc1ccc(Cl)cc1. The van der Waals surface area contributed by atoms with E-state index in [1.165, 1.54) is 0 Å². The Hall–Kier alpha value is -3.75. The minimum absolute atomic E-state index is 0.228. The zero-order chi connectivity index (χ0) is 27.2. The van der Waals surface area contributed by atoms with Crippen molar-refractivity contribution in [3.63, 3.8) is 0 Å². The molecule has 196 valence electrons. The van der Waals surface area contributed by atoms with Crippen LogP contribution in [0.2, 0.25) is 5.02 Å². The highest BCUT2D eigenvalue weighted by Gasteiger charge is 2.36. The zero-order valence-corrected chi connectivity index (χ0v) is 22.8. The first kappa shape index (κ1) is 27.3. The molecule has 0 unspecified atom stereocenters. The lowest BCUT2D eigenvalue weighted by Crippen LogP contribution is -2.36. The summed E-state index contributed by atoms with van der Waals surface area (Å²) in [5.41, 5.74) is 4.37. The van der Waals surface area contributed by atoms with Crippen LogP contribution in [0, 0.1) is 13.8 Å². The molecule has 9 heteroatoms. The molecule has 3 amide bonds. The van der Waals surface area contributed by atoms with Crippen molar-refractivity contribution in [3.8, 4) is 11.5 Å². The van der Waals surface area contributed by atoms with Crippen molar-refractivity contribution < 1.29 is 23.9 Å². The van der Waals surface area contributed by atoms with Crippen LogP contribution in [-0.4, -0.2) is 35.1 Å². The lowest BCUT2D eigenvalue weighted by Gasteiger charge is -2.13. The topological polar surface area (TPSA) is 84.9 Å². The number of carbonyl (C=O) groups is 3. The van der Waals surface area contributed by atoms with Gasteiger partial charge in [-0.3, -0.25) is 19.3 Å². The van der Waals surface area contributed by atoms with Gasteiger partial charge in [-0.25, -0.2) is 0 Å². The minimum Gasteiger partial charge on any atom is -0.490 e. The largest absolute Gasteiger partial charge is 0.490 e. The molecule has 0 spiro atoms. The maximum absolute atomic E-state index is 12.9. The molecule has 1 aliphatic rings. The van der Waals surface area contributed by atoms with Crippen LogP contribution in [0.4, 0.5) is 10.5 Å². The Labute approximate surface area is 230 Å². The van der Waals surface area contributed by atoms with Gasteiger partial charge < -0.3 is 14.8 Å². The molecule has 3 aromatic rings. The lowest BCUT2D eigenvalue weighted by atomic mass is 10.1. The van der Waals surface area contributed by atoms with Crippen LogP contribution in [0.5, 0.6) is 11.5 Å². The molecular weight excluding hydrogens is 524 g/mol. The molecule has 1 N–H and O–H groups in total. The second-order valence-electron chi connectivity index (χ2n) is 8.67. The van der Waals surface area contributed by atoms with E-state index in [2.05, 4.69) is 5.32 Å². The Morgan fingerprint density at radius 1 is 0.974 bits per heavy atom. The molecule has 0 aliphatic carbocycles. The van der Waals surface area contributed by atoms with Gasteiger partial charge >= 0.3 is 0 Å². The average molecular weight is 551 g/mol. The standard InChI is InChI=1S/C29H27ClN2O5S/c1-4-36-25-14-21(8-12-24(25)37-17-20-6-9-22(30)10-7-20)15-26-28(34)32(29(35)38-26)16-27(33)31-23-11-5-18(2)19(3)13-23/h5-15H,4,16-17H2,1-3H3,(H,31,33)/b26-15+. The summed E-state index contributed by atoms with van der Waals surface area (Å²) in [6.45, 7) is 6.18. The predicted octanol–water partition coefficient (Wildman–Crippen LogP) is 6.61. The monoisotopic (exact) mass is 550 g/mol. The third-order valence-corrected chi connectivity index (χ3v) is 7.00. The number of ether oxygens (including phenoxy) is 2. The second kappa shape index (κ2) is 12.2. The quantitative estimate of drug-likeness (QED) is 0.302. The summed E-state index contributed by atoms with van der Waals surface area (Å²) in [6, 6.07) is 18.2. The maximum Gasteiger partial charge on any atom is 0.294 e. The van der Waals surface area contributed by atoms with E-state index < -0.39 is 17.1 Å². The van der Waals surface area contributed by atoms with Crippen LogP contribution < -0.4 is 14.8 Å². The molecule has 38 heavy (non-hydrogen) atoms. The number of nitrogens with one attached hydrogen (secondary N) is 1. The smallest absolute Gasteiger partial charge is 0.294 e. The van der Waals surface area contributed by atoms with Crippen molar-refractivity contribution in [1.29, 1.82) is 0 Å². The first-order valence-corrected chi connectivity index (χ1v) is 13.2. The normalized spacial score (nSPS) is 14.2. The molecular formula is C29H27ClN2O5S. The van der Waals surface area contributed by atoms with Gasteiger partial charge in [0.1, 0.15) is 13.2 Å². The number of benzene rings is 3. The molecule has 7 nitrogen and oxygen atoms in total. The number of halogens is 1. The van der Waals surface area contributed by atoms with Crippen molar-refractivity contribution in [1.82, 2.24) is 4.90 Å². The minimum atomic E-state index is -0.517. The maximum atomic E-state index is 12.9. The van der Waals surface area contributed by atoms with Gasteiger partial charge in [-0.2, -0.15) is 0 Å². The third kappa shape index (κ3) is 6.76. The number of hydrogen-bond acceptors (Lipinski definition) is 6. The third-order valence-electron chi connectivity index (χ3n) is 5.84. The summed E-state index contributed by atoms with van der Waals surface area (Å²) < 4.78 is 11.7.